The first kappa shape index (κ1) is 20.7. The maximum atomic E-state index is 5.07. The van der Waals surface area contributed by atoms with Crippen molar-refractivity contribution in [3.8, 4) is 0 Å². The van der Waals surface area contributed by atoms with Gasteiger partial charge in [0, 0.05) is 36.7 Å². The van der Waals surface area contributed by atoms with E-state index in [2.05, 4.69) is 57.8 Å². The Kier molecular flexibility index (Phi) is 9.46. The van der Waals surface area contributed by atoms with Crippen molar-refractivity contribution in [3.63, 3.8) is 0 Å². The van der Waals surface area contributed by atoms with Crippen LogP contribution >= 0.6 is 39.9 Å². The normalized spacial score (nSPS) is 15.7. The van der Waals surface area contributed by atoms with Crippen molar-refractivity contribution in [3.05, 3.63) is 34.3 Å². The second-order valence-electron chi connectivity index (χ2n) is 5.76. The fourth-order valence-electron chi connectivity index (χ4n) is 2.50. The van der Waals surface area contributed by atoms with E-state index in [9.17, 15) is 0 Å². The number of aliphatic imine (C=N–C) groups is 1. The minimum absolute atomic E-state index is 0. The Balaban J connectivity index is 0.00000264. The minimum Gasteiger partial charge on any atom is -0.385 e. The van der Waals surface area contributed by atoms with E-state index in [0.29, 0.717) is 0 Å². The van der Waals surface area contributed by atoms with Crippen LogP contribution in [0.3, 0.4) is 0 Å². The van der Waals surface area contributed by atoms with Crippen LogP contribution in [0.5, 0.6) is 0 Å². The number of guanidine groups is 1. The first-order valence-corrected chi connectivity index (χ1v) is 8.76. The molecule has 0 unspecified atom stereocenters. The van der Waals surface area contributed by atoms with Gasteiger partial charge in [0.15, 0.2) is 5.96 Å². The van der Waals surface area contributed by atoms with Crippen LogP contribution < -0.4 is 10.6 Å². The molecule has 4 nitrogen and oxygen atoms in total. The lowest BCUT2D eigenvalue weighted by molar-refractivity contribution is 0.195. The number of halogens is 2. The molecule has 1 aliphatic carbocycles. The Morgan fingerprint density at radius 1 is 1.35 bits per heavy atom. The second-order valence-corrected chi connectivity index (χ2v) is 6.67. The van der Waals surface area contributed by atoms with E-state index in [1.165, 1.54) is 18.4 Å². The topological polar surface area (TPSA) is 45.7 Å². The zero-order valence-electron chi connectivity index (χ0n) is 13.9. The number of hydrogen-bond acceptors (Lipinski definition) is 2. The van der Waals surface area contributed by atoms with Crippen molar-refractivity contribution in [1.82, 2.24) is 10.6 Å². The van der Waals surface area contributed by atoms with Gasteiger partial charge in [0.05, 0.1) is 6.54 Å². The highest BCUT2D eigenvalue weighted by atomic mass is 127. The summed E-state index contributed by atoms with van der Waals surface area (Å²) in [6.07, 6.45) is 3.42. The molecule has 23 heavy (non-hydrogen) atoms. The second kappa shape index (κ2) is 10.5. The molecule has 0 saturated heterocycles. The van der Waals surface area contributed by atoms with E-state index in [0.717, 1.165) is 43.1 Å². The van der Waals surface area contributed by atoms with Crippen LogP contribution in [0.25, 0.3) is 0 Å². The largest absolute Gasteiger partial charge is 0.385 e. The van der Waals surface area contributed by atoms with Crippen molar-refractivity contribution in [2.45, 2.75) is 31.6 Å². The summed E-state index contributed by atoms with van der Waals surface area (Å²) in [6, 6.07) is 8.62. The fraction of sp³-hybridized carbons (Fsp3) is 0.588. The number of methoxy groups -OCH3 is 1. The molecule has 1 aliphatic rings. The van der Waals surface area contributed by atoms with Gasteiger partial charge in [0.2, 0.25) is 0 Å². The molecule has 130 valence electrons. The molecule has 1 aromatic rings. The van der Waals surface area contributed by atoms with E-state index >= 15 is 0 Å². The minimum atomic E-state index is 0. The van der Waals surface area contributed by atoms with Crippen LogP contribution in [0, 0.1) is 0 Å². The maximum Gasteiger partial charge on any atom is 0.191 e. The van der Waals surface area contributed by atoms with Crippen LogP contribution in [0.15, 0.2) is 33.7 Å². The van der Waals surface area contributed by atoms with Gasteiger partial charge in [-0.05, 0) is 43.9 Å². The highest BCUT2D eigenvalue weighted by molar-refractivity contribution is 14.0. The average molecular weight is 496 g/mol. The quantitative estimate of drug-likeness (QED) is 0.250. The van der Waals surface area contributed by atoms with E-state index in [1.54, 1.807) is 7.11 Å². The SMILES string of the molecule is CCNC(=NCC1(c2cccc(Br)c2)CC1)NCCCOC.I. The zero-order valence-corrected chi connectivity index (χ0v) is 17.8. The number of nitrogens with zero attached hydrogens (tertiary/aromatic N) is 1. The molecule has 0 heterocycles. The van der Waals surface area contributed by atoms with Crippen molar-refractivity contribution in [2.24, 2.45) is 4.99 Å². The molecule has 2 N–H and O–H groups in total. The smallest absolute Gasteiger partial charge is 0.191 e. The Bertz CT molecular complexity index is 506. The highest BCUT2D eigenvalue weighted by Gasteiger charge is 2.44. The summed E-state index contributed by atoms with van der Waals surface area (Å²) in [4.78, 5) is 4.79. The van der Waals surface area contributed by atoms with Crippen LogP contribution in [-0.2, 0) is 10.2 Å². The molecule has 0 amide bonds. The summed E-state index contributed by atoms with van der Waals surface area (Å²) in [5.41, 5.74) is 1.62. The first-order chi connectivity index (χ1) is 10.7. The lowest BCUT2D eigenvalue weighted by Gasteiger charge is -2.16. The molecule has 0 atom stereocenters. The molecule has 0 aromatic heterocycles. The van der Waals surface area contributed by atoms with Crippen molar-refractivity contribution < 1.29 is 4.74 Å². The molecular weight excluding hydrogens is 469 g/mol. The molecule has 0 radical (unpaired) electrons. The van der Waals surface area contributed by atoms with E-state index in [4.69, 9.17) is 9.73 Å². The standard InChI is InChI=1S/C17H26BrN3O.HI/c1-3-19-16(20-10-5-11-22-2)21-13-17(8-9-17)14-6-4-7-15(18)12-14;/h4,6-7,12H,3,5,8-11,13H2,1-2H3,(H2,19,20,21);1H. The Morgan fingerprint density at radius 3 is 2.74 bits per heavy atom. The van der Waals surface area contributed by atoms with Gasteiger partial charge in [-0.2, -0.15) is 0 Å². The summed E-state index contributed by atoms with van der Waals surface area (Å²) in [5.74, 6) is 0.903. The monoisotopic (exact) mass is 495 g/mol. The Hall–Kier alpha value is -0.340. The Labute approximate surface area is 165 Å². The summed E-state index contributed by atoms with van der Waals surface area (Å²) in [6.45, 7) is 5.45. The number of ether oxygens (including phenoxy) is 1. The van der Waals surface area contributed by atoms with Crippen LogP contribution in [-0.4, -0.2) is 39.3 Å². The van der Waals surface area contributed by atoms with Crippen molar-refractivity contribution >= 4 is 45.9 Å². The molecule has 0 aliphatic heterocycles. The zero-order chi connectivity index (χ0) is 15.8. The van der Waals surface area contributed by atoms with Crippen LogP contribution in [0.2, 0.25) is 0 Å². The maximum absolute atomic E-state index is 5.07. The molecule has 2 rings (SSSR count). The average Bonchev–Trinajstić information content (AvgIpc) is 3.30. The molecule has 0 spiro atoms. The molecule has 6 heteroatoms. The van der Waals surface area contributed by atoms with Gasteiger partial charge in [-0.15, -0.1) is 24.0 Å². The van der Waals surface area contributed by atoms with E-state index in [-0.39, 0.29) is 29.4 Å². The molecule has 1 aromatic carbocycles. The molecule has 1 saturated carbocycles. The predicted octanol–water partition coefficient (Wildman–Crippen LogP) is 3.69. The number of hydrogen-bond donors (Lipinski definition) is 2. The number of benzene rings is 1. The van der Waals surface area contributed by atoms with Gasteiger partial charge in [-0.1, -0.05) is 28.1 Å². The number of nitrogens with one attached hydrogen (secondary N) is 2. The number of rotatable bonds is 8. The lowest BCUT2D eigenvalue weighted by Crippen LogP contribution is -2.38. The lowest BCUT2D eigenvalue weighted by atomic mass is 9.96. The third kappa shape index (κ3) is 6.58. The van der Waals surface area contributed by atoms with E-state index < -0.39 is 0 Å². The predicted molar refractivity (Wildman–Crippen MR) is 111 cm³/mol. The van der Waals surface area contributed by atoms with Crippen LogP contribution in [0.4, 0.5) is 0 Å². The van der Waals surface area contributed by atoms with Crippen molar-refractivity contribution in [1.29, 1.82) is 0 Å². The molecule has 0 bridgehead atoms. The van der Waals surface area contributed by atoms with Gasteiger partial charge in [0.25, 0.3) is 0 Å². The highest BCUT2D eigenvalue weighted by Crippen LogP contribution is 2.48. The Morgan fingerprint density at radius 2 is 2.13 bits per heavy atom. The van der Waals surface area contributed by atoms with Crippen LogP contribution in [0.1, 0.15) is 31.7 Å². The summed E-state index contributed by atoms with van der Waals surface area (Å²) in [7, 11) is 1.73. The molecular formula is C17H27BrIN3O. The van der Waals surface area contributed by atoms with E-state index in [1.807, 2.05) is 0 Å². The van der Waals surface area contributed by atoms with Gasteiger partial charge in [-0.3, -0.25) is 4.99 Å². The van der Waals surface area contributed by atoms with Gasteiger partial charge in [-0.25, -0.2) is 0 Å². The fourth-order valence-corrected chi connectivity index (χ4v) is 2.90. The summed E-state index contributed by atoms with van der Waals surface area (Å²) < 4.78 is 6.22. The van der Waals surface area contributed by atoms with Gasteiger partial charge < -0.3 is 15.4 Å². The van der Waals surface area contributed by atoms with Gasteiger partial charge in [0.1, 0.15) is 0 Å². The third-order valence-electron chi connectivity index (χ3n) is 3.99. The van der Waals surface area contributed by atoms with Crippen molar-refractivity contribution in [2.75, 3.05) is 33.4 Å². The third-order valence-corrected chi connectivity index (χ3v) is 4.49. The first-order valence-electron chi connectivity index (χ1n) is 7.97. The van der Waals surface area contributed by atoms with Gasteiger partial charge >= 0.3 is 0 Å². The summed E-state index contributed by atoms with van der Waals surface area (Å²) >= 11 is 3.56. The summed E-state index contributed by atoms with van der Waals surface area (Å²) in [5, 5.41) is 6.68. The molecule has 1 fully saturated rings.